The molecule has 0 unspecified atom stereocenters. The Morgan fingerprint density at radius 3 is 2.93 bits per heavy atom. The van der Waals surface area contributed by atoms with Crippen LogP contribution in [-0.2, 0) is 0 Å². The summed E-state index contributed by atoms with van der Waals surface area (Å²) in [6.07, 6.45) is 2.31. The molecule has 1 aliphatic carbocycles. The average Bonchev–Trinajstić information content (AvgIpc) is 2.90. The van der Waals surface area contributed by atoms with Gasteiger partial charge in [-0.3, -0.25) is 0 Å². The van der Waals surface area contributed by atoms with Gasteiger partial charge in [-0.1, -0.05) is 0 Å². The Morgan fingerprint density at radius 2 is 2.21 bits per heavy atom. The summed E-state index contributed by atoms with van der Waals surface area (Å²) < 4.78 is 2.00. The molecular weight excluding hydrogens is 200 g/mol. The van der Waals surface area contributed by atoms with Crippen LogP contribution in [-0.4, -0.2) is 14.7 Å². The van der Waals surface area contributed by atoms with E-state index in [1.807, 2.05) is 4.57 Å². The molecule has 1 fully saturated rings. The molecule has 2 aromatic rings. The number of phenols is 1. The van der Waals surface area contributed by atoms with Crippen LogP contribution in [0.3, 0.4) is 0 Å². The Labute approximate surface area is 85.9 Å². The highest BCUT2D eigenvalue weighted by Crippen LogP contribution is 2.40. The molecule has 0 aliphatic heterocycles. The van der Waals surface area contributed by atoms with Gasteiger partial charge in [0.15, 0.2) is 0 Å². The summed E-state index contributed by atoms with van der Waals surface area (Å²) in [7, 11) is 0. The van der Waals surface area contributed by atoms with Crippen molar-refractivity contribution in [3.05, 3.63) is 23.5 Å². The third-order valence-electron chi connectivity index (χ3n) is 2.54. The van der Waals surface area contributed by atoms with Crippen LogP contribution in [0.2, 0.25) is 5.28 Å². The topological polar surface area (TPSA) is 38.1 Å². The van der Waals surface area contributed by atoms with Crippen LogP contribution in [0.25, 0.3) is 11.0 Å². The van der Waals surface area contributed by atoms with Crippen molar-refractivity contribution >= 4 is 22.6 Å². The van der Waals surface area contributed by atoms with Gasteiger partial charge < -0.3 is 9.67 Å². The number of phenolic OH excluding ortho intramolecular Hbond substituents is 1. The first-order chi connectivity index (χ1) is 6.75. The molecule has 1 aromatic carbocycles. The van der Waals surface area contributed by atoms with Crippen LogP contribution >= 0.6 is 11.6 Å². The number of nitrogens with zero attached hydrogens (tertiary/aromatic N) is 2. The van der Waals surface area contributed by atoms with Crippen LogP contribution in [0.15, 0.2) is 18.2 Å². The molecule has 0 saturated heterocycles. The fourth-order valence-corrected chi connectivity index (χ4v) is 2.05. The quantitative estimate of drug-likeness (QED) is 0.783. The molecule has 1 aliphatic rings. The minimum atomic E-state index is 0.260. The number of rotatable bonds is 1. The third kappa shape index (κ3) is 1.09. The monoisotopic (exact) mass is 208 g/mol. The fraction of sp³-hybridized carbons (Fsp3) is 0.300. The molecule has 1 aromatic heterocycles. The van der Waals surface area contributed by atoms with Crippen LogP contribution in [0.4, 0.5) is 0 Å². The van der Waals surface area contributed by atoms with Crippen molar-refractivity contribution in [2.24, 2.45) is 0 Å². The summed E-state index contributed by atoms with van der Waals surface area (Å²) in [4.78, 5) is 4.23. The van der Waals surface area contributed by atoms with Gasteiger partial charge in [-0.25, -0.2) is 4.98 Å². The second-order valence-electron chi connectivity index (χ2n) is 3.66. The summed E-state index contributed by atoms with van der Waals surface area (Å²) in [5.74, 6) is 0.260. The first kappa shape index (κ1) is 8.12. The minimum absolute atomic E-state index is 0.260. The first-order valence-electron chi connectivity index (χ1n) is 4.62. The van der Waals surface area contributed by atoms with Crippen molar-refractivity contribution in [3.8, 4) is 5.75 Å². The van der Waals surface area contributed by atoms with E-state index < -0.39 is 0 Å². The number of aromatic nitrogens is 2. The van der Waals surface area contributed by atoms with E-state index in [1.165, 1.54) is 0 Å². The molecule has 0 radical (unpaired) electrons. The zero-order chi connectivity index (χ0) is 9.71. The van der Waals surface area contributed by atoms with E-state index in [0.29, 0.717) is 11.3 Å². The van der Waals surface area contributed by atoms with Crippen molar-refractivity contribution in [2.75, 3.05) is 0 Å². The highest BCUT2D eigenvalue weighted by atomic mass is 35.5. The largest absolute Gasteiger partial charge is 0.508 e. The lowest BCUT2D eigenvalue weighted by Gasteiger charge is -2.02. The van der Waals surface area contributed by atoms with Gasteiger partial charge in [0.25, 0.3) is 0 Å². The van der Waals surface area contributed by atoms with E-state index in [2.05, 4.69) is 4.98 Å². The Bertz CT molecular complexity index is 502. The maximum Gasteiger partial charge on any atom is 0.204 e. The third-order valence-corrected chi connectivity index (χ3v) is 2.81. The molecule has 3 rings (SSSR count). The molecule has 0 amide bonds. The van der Waals surface area contributed by atoms with Gasteiger partial charge in [0, 0.05) is 12.1 Å². The molecule has 1 heterocycles. The summed E-state index contributed by atoms with van der Waals surface area (Å²) in [5, 5.41) is 9.90. The normalized spacial score (nSPS) is 16.4. The SMILES string of the molecule is Oc1ccc2nc(Cl)n(C3CC3)c2c1. The summed E-state index contributed by atoms with van der Waals surface area (Å²) >= 11 is 6.03. The zero-order valence-electron chi connectivity index (χ0n) is 7.44. The number of hydrogen-bond donors (Lipinski definition) is 1. The van der Waals surface area contributed by atoms with E-state index in [-0.39, 0.29) is 5.75 Å². The maximum absolute atomic E-state index is 9.38. The van der Waals surface area contributed by atoms with Gasteiger partial charge >= 0.3 is 0 Å². The molecule has 1 N–H and O–H groups in total. The van der Waals surface area contributed by atoms with Crippen LogP contribution in [0.5, 0.6) is 5.75 Å². The van der Waals surface area contributed by atoms with E-state index in [0.717, 1.165) is 23.9 Å². The van der Waals surface area contributed by atoms with Crippen LogP contribution in [0.1, 0.15) is 18.9 Å². The molecule has 4 heteroatoms. The standard InChI is InChI=1S/C10H9ClN2O/c11-10-12-8-4-3-7(14)5-9(8)13(10)6-1-2-6/h3-6,14H,1-2H2. The van der Waals surface area contributed by atoms with E-state index >= 15 is 0 Å². The van der Waals surface area contributed by atoms with Crippen molar-refractivity contribution < 1.29 is 5.11 Å². The molecular formula is C10H9ClN2O. The number of benzene rings is 1. The van der Waals surface area contributed by atoms with Crippen molar-refractivity contribution in [3.63, 3.8) is 0 Å². The molecule has 3 nitrogen and oxygen atoms in total. The van der Waals surface area contributed by atoms with Gasteiger partial charge in [0.1, 0.15) is 5.75 Å². The molecule has 0 spiro atoms. The van der Waals surface area contributed by atoms with Crippen LogP contribution < -0.4 is 0 Å². The second kappa shape index (κ2) is 2.64. The van der Waals surface area contributed by atoms with Gasteiger partial charge in [-0.05, 0) is 36.6 Å². The number of hydrogen-bond acceptors (Lipinski definition) is 2. The smallest absolute Gasteiger partial charge is 0.204 e. The lowest BCUT2D eigenvalue weighted by molar-refractivity contribution is 0.476. The molecule has 0 atom stereocenters. The zero-order valence-corrected chi connectivity index (χ0v) is 8.20. The van der Waals surface area contributed by atoms with Gasteiger partial charge in [-0.2, -0.15) is 0 Å². The number of aromatic hydroxyl groups is 1. The van der Waals surface area contributed by atoms with Crippen LogP contribution in [0, 0.1) is 0 Å². The van der Waals surface area contributed by atoms with Gasteiger partial charge in [0.2, 0.25) is 5.28 Å². The Balaban J connectivity index is 2.34. The second-order valence-corrected chi connectivity index (χ2v) is 3.99. The lowest BCUT2D eigenvalue weighted by Crippen LogP contribution is -1.92. The van der Waals surface area contributed by atoms with E-state index in [9.17, 15) is 5.11 Å². The molecule has 1 saturated carbocycles. The van der Waals surface area contributed by atoms with Crippen molar-refractivity contribution in [1.29, 1.82) is 0 Å². The minimum Gasteiger partial charge on any atom is -0.508 e. The van der Waals surface area contributed by atoms with Gasteiger partial charge in [0.05, 0.1) is 11.0 Å². The predicted molar refractivity (Wildman–Crippen MR) is 54.7 cm³/mol. The fourth-order valence-electron chi connectivity index (χ4n) is 1.73. The lowest BCUT2D eigenvalue weighted by atomic mass is 10.3. The Hall–Kier alpha value is -1.22. The average molecular weight is 209 g/mol. The highest BCUT2D eigenvalue weighted by Gasteiger charge is 2.27. The van der Waals surface area contributed by atoms with E-state index in [1.54, 1.807) is 18.2 Å². The molecule has 14 heavy (non-hydrogen) atoms. The first-order valence-corrected chi connectivity index (χ1v) is 5.00. The molecule has 72 valence electrons. The summed E-state index contributed by atoms with van der Waals surface area (Å²) in [5.41, 5.74) is 1.78. The summed E-state index contributed by atoms with van der Waals surface area (Å²) in [6, 6.07) is 5.61. The summed E-state index contributed by atoms with van der Waals surface area (Å²) in [6.45, 7) is 0. The van der Waals surface area contributed by atoms with Crippen molar-refractivity contribution in [2.45, 2.75) is 18.9 Å². The number of fused-ring (bicyclic) bond motifs is 1. The number of halogens is 1. The number of imidazole rings is 1. The molecule has 0 bridgehead atoms. The van der Waals surface area contributed by atoms with E-state index in [4.69, 9.17) is 11.6 Å². The Kier molecular flexibility index (Phi) is 1.53. The maximum atomic E-state index is 9.38. The highest BCUT2D eigenvalue weighted by molar-refractivity contribution is 6.29. The predicted octanol–water partition coefficient (Wildman–Crippen LogP) is 2.73. The van der Waals surface area contributed by atoms with Gasteiger partial charge in [-0.15, -0.1) is 0 Å². The Morgan fingerprint density at radius 1 is 1.43 bits per heavy atom. The van der Waals surface area contributed by atoms with Crippen molar-refractivity contribution in [1.82, 2.24) is 9.55 Å².